The van der Waals surface area contributed by atoms with E-state index in [-0.39, 0.29) is 5.91 Å². The molecule has 8 heteroatoms. The average Bonchev–Trinajstić information content (AvgIpc) is 2.94. The topological polar surface area (TPSA) is 88.7 Å². The lowest BCUT2D eigenvalue weighted by molar-refractivity contribution is 0.0945. The second-order valence-corrected chi connectivity index (χ2v) is 5.99. The molecule has 2 heterocycles. The van der Waals surface area contributed by atoms with Crippen LogP contribution < -0.4 is 11.1 Å². The van der Waals surface area contributed by atoms with Gasteiger partial charge in [-0.2, -0.15) is 0 Å². The number of anilines is 1. The first-order chi connectivity index (χ1) is 9.49. The van der Waals surface area contributed by atoms with Gasteiger partial charge in [0, 0.05) is 19.3 Å². The molecule has 6 nitrogen and oxygen atoms in total. The van der Waals surface area contributed by atoms with Crippen molar-refractivity contribution in [1.82, 2.24) is 19.9 Å². The number of carbonyl (C=O) groups excluding carboxylic acids is 1. The Balaban J connectivity index is 1.82. The minimum Gasteiger partial charge on any atom is -0.369 e. The molecule has 0 unspecified atom stereocenters. The maximum atomic E-state index is 12.0. The zero-order valence-electron chi connectivity index (χ0n) is 10.9. The van der Waals surface area contributed by atoms with Gasteiger partial charge in [0.25, 0.3) is 5.91 Å². The second-order valence-electron chi connectivity index (χ2n) is 4.38. The van der Waals surface area contributed by atoms with E-state index in [1.807, 2.05) is 7.05 Å². The average molecular weight is 405 g/mol. The van der Waals surface area contributed by atoms with Crippen molar-refractivity contribution >= 4 is 43.7 Å². The molecule has 0 bridgehead atoms. The normalized spacial score (nSPS) is 10.8. The summed E-state index contributed by atoms with van der Waals surface area (Å²) in [5.41, 5.74) is 7.07. The molecule has 0 aliphatic rings. The number of imidazole rings is 1. The number of hydrogen-bond donors (Lipinski definition) is 3. The van der Waals surface area contributed by atoms with Crippen LogP contribution in [-0.4, -0.2) is 27.0 Å². The number of nitrogens with zero attached hydrogens (tertiary/aromatic N) is 2. The summed E-state index contributed by atoms with van der Waals surface area (Å²) in [5, 5.41) is 2.89. The Hall–Kier alpha value is -1.28. The van der Waals surface area contributed by atoms with Gasteiger partial charge in [-0.3, -0.25) is 4.79 Å². The van der Waals surface area contributed by atoms with Crippen molar-refractivity contribution < 1.29 is 4.79 Å². The Morgan fingerprint density at radius 3 is 2.85 bits per heavy atom. The molecule has 0 saturated carbocycles. The van der Waals surface area contributed by atoms with Crippen molar-refractivity contribution in [3.8, 4) is 0 Å². The summed E-state index contributed by atoms with van der Waals surface area (Å²) in [6, 6.07) is 1.79. The Bertz CT molecular complexity index is 619. The smallest absolute Gasteiger partial charge is 0.267 e. The zero-order valence-corrected chi connectivity index (χ0v) is 14.1. The molecular weight excluding hydrogens is 390 g/mol. The minimum absolute atomic E-state index is 0.0944. The first kappa shape index (κ1) is 15.1. The summed E-state index contributed by atoms with van der Waals surface area (Å²) in [6.45, 7) is 0.595. The van der Waals surface area contributed by atoms with Crippen LogP contribution in [-0.2, 0) is 13.5 Å². The molecule has 2 aromatic heterocycles. The third-order valence-electron chi connectivity index (χ3n) is 2.91. The number of amides is 1. The van der Waals surface area contributed by atoms with E-state index in [9.17, 15) is 4.79 Å². The number of nitrogen functional groups attached to an aromatic ring is 1. The van der Waals surface area contributed by atoms with E-state index in [1.54, 1.807) is 16.8 Å². The van der Waals surface area contributed by atoms with Crippen LogP contribution in [0, 0.1) is 0 Å². The largest absolute Gasteiger partial charge is 0.369 e. The highest BCUT2D eigenvalue weighted by atomic mass is 79.9. The second kappa shape index (κ2) is 6.45. The van der Waals surface area contributed by atoms with Gasteiger partial charge in [-0.25, -0.2) is 4.98 Å². The van der Waals surface area contributed by atoms with Crippen LogP contribution >= 0.6 is 31.9 Å². The number of carbonyl (C=O) groups is 1. The molecule has 0 radical (unpaired) electrons. The van der Waals surface area contributed by atoms with Crippen molar-refractivity contribution in [2.24, 2.45) is 7.05 Å². The van der Waals surface area contributed by atoms with Gasteiger partial charge in [0.1, 0.15) is 5.69 Å². The first-order valence-corrected chi connectivity index (χ1v) is 7.66. The maximum Gasteiger partial charge on any atom is 0.267 e. The number of hydrogen-bond acceptors (Lipinski definition) is 3. The van der Waals surface area contributed by atoms with E-state index >= 15 is 0 Å². The van der Waals surface area contributed by atoms with E-state index in [1.165, 1.54) is 0 Å². The lowest BCUT2D eigenvalue weighted by atomic mass is 10.2. The molecule has 0 atom stereocenters. The molecule has 0 aromatic carbocycles. The van der Waals surface area contributed by atoms with Crippen LogP contribution in [0.2, 0.25) is 0 Å². The fraction of sp³-hybridized carbons (Fsp3) is 0.333. The quantitative estimate of drug-likeness (QED) is 0.667. The van der Waals surface area contributed by atoms with Crippen LogP contribution in [0.4, 0.5) is 5.95 Å². The van der Waals surface area contributed by atoms with Crippen LogP contribution in [0.25, 0.3) is 0 Å². The Morgan fingerprint density at radius 2 is 2.30 bits per heavy atom. The van der Waals surface area contributed by atoms with E-state index < -0.39 is 0 Å². The van der Waals surface area contributed by atoms with Crippen molar-refractivity contribution in [3.05, 3.63) is 32.7 Å². The van der Waals surface area contributed by atoms with Gasteiger partial charge in [-0.1, -0.05) is 0 Å². The molecule has 2 aromatic rings. The molecule has 0 aliphatic carbocycles. The Morgan fingerprint density at radius 1 is 1.55 bits per heavy atom. The van der Waals surface area contributed by atoms with Crippen LogP contribution in [0.5, 0.6) is 0 Å². The van der Waals surface area contributed by atoms with Crippen LogP contribution in [0.15, 0.2) is 21.3 Å². The molecular formula is C12H15Br2N5O. The number of halogens is 2. The van der Waals surface area contributed by atoms with Gasteiger partial charge >= 0.3 is 0 Å². The van der Waals surface area contributed by atoms with Crippen LogP contribution in [0.1, 0.15) is 22.6 Å². The van der Waals surface area contributed by atoms with Gasteiger partial charge < -0.3 is 20.6 Å². The molecule has 0 spiro atoms. The van der Waals surface area contributed by atoms with Crippen molar-refractivity contribution in [1.29, 1.82) is 0 Å². The van der Waals surface area contributed by atoms with E-state index in [0.717, 1.165) is 27.6 Å². The van der Waals surface area contributed by atoms with Gasteiger partial charge in [0.05, 0.1) is 15.3 Å². The maximum absolute atomic E-state index is 12.0. The number of aryl methyl sites for hydroxylation is 1. The van der Waals surface area contributed by atoms with Gasteiger partial charge in [0.2, 0.25) is 0 Å². The summed E-state index contributed by atoms with van der Waals surface area (Å²) >= 11 is 6.78. The lowest BCUT2D eigenvalue weighted by Gasteiger charge is -2.06. The highest BCUT2D eigenvalue weighted by Gasteiger charge is 2.14. The Labute approximate surface area is 133 Å². The number of aromatic nitrogens is 3. The zero-order chi connectivity index (χ0) is 14.7. The summed E-state index contributed by atoms with van der Waals surface area (Å²) in [4.78, 5) is 18.9. The highest BCUT2D eigenvalue weighted by molar-refractivity contribution is 9.13. The number of nitrogens with one attached hydrogen (secondary N) is 2. The van der Waals surface area contributed by atoms with E-state index in [4.69, 9.17) is 5.73 Å². The fourth-order valence-electron chi connectivity index (χ4n) is 1.84. The SMILES string of the molecule is Cn1c(C(=O)NCCCc2cnc(N)[nH]2)cc(Br)c1Br. The summed E-state index contributed by atoms with van der Waals surface area (Å²) in [7, 11) is 1.83. The molecule has 4 N–H and O–H groups in total. The third-order valence-corrected chi connectivity index (χ3v) is 5.00. The number of aromatic amines is 1. The Kier molecular flexibility index (Phi) is 4.87. The molecule has 2 rings (SSSR count). The van der Waals surface area contributed by atoms with Crippen molar-refractivity contribution in [2.45, 2.75) is 12.8 Å². The van der Waals surface area contributed by atoms with E-state index in [2.05, 4.69) is 47.1 Å². The number of nitrogens with two attached hydrogens (primary N) is 1. The molecule has 0 saturated heterocycles. The minimum atomic E-state index is -0.0944. The standard InChI is InChI=1S/C12H15Br2N5O/c1-19-9(5-8(13)10(19)14)11(20)16-4-2-3-7-6-17-12(15)18-7/h5-6H,2-4H2,1H3,(H,16,20)(H3,15,17,18). The summed E-state index contributed by atoms with van der Waals surface area (Å²) in [6.07, 6.45) is 3.33. The molecule has 0 fully saturated rings. The summed E-state index contributed by atoms with van der Waals surface area (Å²) in [5.74, 6) is 0.325. The van der Waals surface area contributed by atoms with Crippen molar-refractivity contribution in [3.63, 3.8) is 0 Å². The predicted octanol–water partition coefficient (Wildman–Crippen LogP) is 2.22. The molecule has 108 valence electrons. The molecule has 0 aliphatic heterocycles. The molecule has 20 heavy (non-hydrogen) atoms. The monoisotopic (exact) mass is 403 g/mol. The number of rotatable bonds is 5. The van der Waals surface area contributed by atoms with Crippen molar-refractivity contribution in [2.75, 3.05) is 12.3 Å². The lowest BCUT2D eigenvalue weighted by Crippen LogP contribution is -2.26. The van der Waals surface area contributed by atoms with E-state index in [0.29, 0.717) is 18.2 Å². The summed E-state index contributed by atoms with van der Waals surface area (Å²) < 4.78 is 3.49. The van der Waals surface area contributed by atoms with Gasteiger partial charge in [-0.15, -0.1) is 0 Å². The predicted molar refractivity (Wildman–Crippen MR) is 84.5 cm³/mol. The number of H-pyrrole nitrogens is 1. The fourth-order valence-corrected chi connectivity index (χ4v) is 2.62. The van der Waals surface area contributed by atoms with Crippen LogP contribution in [0.3, 0.4) is 0 Å². The van der Waals surface area contributed by atoms with Gasteiger partial charge in [0.15, 0.2) is 5.95 Å². The molecule has 1 amide bonds. The highest BCUT2D eigenvalue weighted by Crippen LogP contribution is 2.26. The first-order valence-electron chi connectivity index (χ1n) is 6.07. The third kappa shape index (κ3) is 3.43. The van der Waals surface area contributed by atoms with Gasteiger partial charge in [-0.05, 0) is 50.8 Å².